The molecule has 6 heteroatoms. The Morgan fingerprint density at radius 1 is 0.929 bits per heavy atom. The quantitative estimate of drug-likeness (QED) is 0.748. The van der Waals surface area contributed by atoms with Gasteiger partial charge in [-0.3, -0.25) is 4.79 Å². The van der Waals surface area contributed by atoms with Crippen molar-refractivity contribution < 1.29 is 19.0 Å². The Bertz CT molecular complexity index is 948. The summed E-state index contributed by atoms with van der Waals surface area (Å²) in [7, 11) is 4.80. The lowest BCUT2D eigenvalue weighted by atomic mass is 10.1. The van der Waals surface area contributed by atoms with Crippen molar-refractivity contribution in [1.29, 1.82) is 0 Å². The molecule has 1 heterocycles. The fourth-order valence-corrected chi connectivity index (χ4v) is 3.05. The lowest BCUT2D eigenvalue weighted by molar-refractivity contribution is -0.115. The molecule has 0 saturated carbocycles. The van der Waals surface area contributed by atoms with Crippen LogP contribution < -0.4 is 19.5 Å². The summed E-state index contributed by atoms with van der Waals surface area (Å²) in [5.41, 5.74) is 3.33. The minimum atomic E-state index is -0.223. The van der Waals surface area contributed by atoms with Crippen molar-refractivity contribution in [3.05, 3.63) is 58.8 Å². The number of ether oxygens (including phenoxy) is 3. The number of carbonyl (C=O) groups is 1. The van der Waals surface area contributed by atoms with Crippen molar-refractivity contribution in [3.63, 3.8) is 0 Å². The zero-order valence-electron chi connectivity index (χ0n) is 16.5. The van der Waals surface area contributed by atoms with Gasteiger partial charge in [-0.05, 0) is 47.9 Å². The van der Waals surface area contributed by atoms with Crippen LogP contribution >= 0.6 is 0 Å². The van der Waals surface area contributed by atoms with Gasteiger partial charge in [-0.15, -0.1) is 0 Å². The normalized spacial score (nSPS) is 14.6. The first-order valence-corrected chi connectivity index (χ1v) is 9.06. The lowest BCUT2D eigenvalue weighted by Crippen LogP contribution is -2.25. The highest BCUT2D eigenvalue weighted by molar-refractivity contribution is 6.14. The molecule has 0 saturated heterocycles. The third-order valence-electron chi connectivity index (χ3n) is 4.56. The average Bonchev–Trinajstić information content (AvgIpc) is 3.06. The molecule has 1 N–H and O–H groups in total. The number of aliphatic imine (C=N–C) groups is 1. The number of amidine groups is 1. The molecule has 0 spiro atoms. The molecule has 28 heavy (non-hydrogen) atoms. The minimum Gasteiger partial charge on any atom is -0.496 e. The smallest absolute Gasteiger partial charge is 0.275 e. The van der Waals surface area contributed by atoms with Crippen molar-refractivity contribution in [3.8, 4) is 17.2 Å². The molecule has 0 fully saturated rings. The molecule has 0 aromatic heterocycles. The van der Waals surface area contributed by atoms with E-state index in [1.807, 2.05) is 36.4 Å². The van der Waals surface area contributed by atoms with Crippen molar-refractivity contribution in [2.75, 3.05) is 21.3 Å². The van der Waals surface area contributed by atoms with Crippen molar-refractivity contribution in [2.24, 2.45) is 4.99 Å². The van der Waals surface area contributed by atoms with E-state index in [0.717, 1.165) is 17.5 Å². The van der Waals surface area contributed by atoms with Crippen LogP contribution in [0.1, 0.15) is 23.6 Å². The van der Waals surface area contributed by atoms with Crippen LogP contribution in [0.5, 0.6) is 17.2 Å². The summed E-state index contributed by atoms with van der Waals surface area (Å²) in [6.07, 6.45) is 3.14. The van der Waals surface area contributed by atoms with Crippen LogP contribution in [0.25, 0.3) is 6.08 Å². The Morgan fingerprint density at radius 3 is 2.29 bits per heavy atom. The van der Waals surface area contributed by atoms with E-state index in [4.69, 9.17) is 14.2 Å². The highest BCUT2D eigenvalue weighted by atomic mass is 16.5. The number of methoxy groups -OCH3 is 3. The minimum absolute atomic E-state index is 0.223. The van der Waals surface area contributed by atoms with Crippen LogP contribution in [0.3, 0.4) is 0 Å². The molecule has 3 rings (SSSR count). The number of aryl methyl sites for hydroxylation is 1. The number of carbonyl (C=O) groups excluding carboxylic acids is 1. The molecule has 2 aromatic carbocycles. The number of nitrogens with zero attached hydrogens (tertiary/aromatic N) is 1. The topological polar surface area (TPSA) is 69.2 Å². The molecule has 0 atom stereocenters. The number of rotatable bonds is 7. The van der Waals surface area contributed by atoms with Gasteiger partial charge in [-0.25, -0.2) is 4.99 Å². The highest BCUT2D eigenvalue weighted by Crippen LogP contribution is 2.28. The summed E-state index contributed by atoms with van der Waals surface area (Å²) in [6, 6.07) is 11.6. The zero-order chi connectivity index (χ0) is 20.1. The maximum absolute atomic E-state index is 12.4. The number of hydrogen-bond donors (Lipinski definition) is 1. The first kappa shape index (κ1) is 19.5. The van der Waals surface area contributed by atoms with Gasteiger partial charge in [0.15, 0.2) is 11.5 Å². The van der Waals surface area contributed by atoms with Gasteiger partial charge in [0.05, 0.1) is 21.3 Å². The molecule has 0 radical (unpaired) electrons. The van der Waals surface area contributed by atoms with E-state index in [9.17, 15) is 4.79 Å². The van der Waals surface area contributed by atoms with E-state index >= 15 is 0 Å². The Labute approximate surface area is 164 Å². The summed E-state index contributed by atoms with van der Waals surface area (Å²) >= 11 is 0. The lowest BCUT2D eigenvalue weighted by Gasteiger charge is -2.09. The van der Waals surface area contributed by atoms with E-state index in [2.05, 4.69) is 17.2 Å². The molecule has 0 bridgehead atoms. The molecule has 6 nitrogen and oxygen atoms in total. The number of amides is 1. The van der Waals surface area contributed by atoms with Crippen molar-refractivity contribution >= 4 is 17.8 Å². The monoisotopic (exact) mass is 380 g/mol. The second-order valence-corrected chi connectivity index (χ2v) is 6.34. The predicted octanol–water partition coefficient (Wildman–Crippen LogP) is 3.39. The largest absolute Gasteiger partial charge is 0.496 e. The molecule has 146 valence electrons. The summed E-state index contributed by atoms with van der Waals surface area (Å²) in [5, 5.41) is 2.83. The van der Waals surface area contributed by atoms with Gasteiger partial charge >= 0.3 is 0 Å². The first-order valence-electron chi connectivity index (χ1n) is 9.06. The summed E-state index contributed by atoms with van der Waals surface area (Å²) in [4.78, 5) is 16.9. The van der Waals surface area contributed by atoms with Gasteiger partial charge in [0.1, 0.15) is 17.3 Å². The summed E-state index contributed by atoms with van der Waals surface area (Å²) < 4.78 is 16.0. The van der Waals surface area contributed by atoms with E-state index < -0.39 is 0 Å². The second kappa shape index (κ2) is 8.61. The van der Waals surface area contributed by atoms with Crippen molar-refractivity contribution in [1.82, 2.24) is 5.32 Å². The van der Waals surface area contributed by atoms with Gasteiger partial charge in [0.25, 0.3) is 5.91 Å². The summed E-state index contributed by atoms with van der Waals surface area (Å²) in [5.74, 6) is 2.38. The van der Waals surface area contributed by atoms with Crippen LogP contribution in [0.2, 0.25) is 0 Å². The van der Waals surface area contributed by atoms with Crippen LogP contribution in [0, 0.1) is 0 Å². The van der Waals surface area contributed by atoms with Crippen LogP contribution in [0.4, 0.5) is 0 Å². The van der Waals surface area contributed by atoms with Crippen LogP contribution in [-0.4, -0.2) is 33.1 Å². The maximum Gasteiger partial charge on any atom is 0.275 e. The summed E-state index contributed by atoms with van der Waals surface area (Å²) in [6.45, 7) is 2.08. The fourth-order valence-electron chi connectivity index (χ4n) is 3.05. The van der Waals surface area contributed by atoms with Crippen molar-refractivity contribution in [2.45, 2.75) is 19.8 Å². The highest BCUT2D eigenvalue weighted by Gasteiger charge is 2.21. The number of hydrogen-bond acceptors (Lipinski definition) is 5. The third kappa shape index (κ3) is 4.17. The fraction of sp³-hybridized carbons (Fsp3) is 0.273. The predicted molar refractivity (Wildman–Crippen MR) is 109 cm³/mol. The SMILES string of the molecule is CCc1ccc(OC)c(/C=C2/N=C(Cc3ccc(OC)c(OC)c3)NC2=O)c1. The first-order chi connectivity index (χ1) is 13.6. The Morgan fingerprint density at radius 2 is 1.61 bits per heavy atom. The van der Waals surface area contributed by atoms with Gasteiger partial charge in [-0.2, -0.15) is 0 Å². The van der Waals surface area contributed by atoms with E-state index in [0.29, 0.717) is 35.2 Å². The zero-order valence-corrected chi connectivity index (χ0v) is 16.5. The third-order valence-corrected chi connectivity index (χ3v) is 4.56. The van der Waals surface area contributed by atoms with Gasteiger partial charge in [0, 0.05) is 12.0 Å². The molecule has 0 aliphatic carbocycles. The molecule has 1 aliphatic heterocycles. The van der Waals surface area contributed by atoms with E-state index in [1.165, 1.54) is 5.56 Å². The molecule has 1 aliphatic rings. The Hall–Kier alpha value is -3.28. The molecule has 0 unspecified atom stereocenters. The Balaban J connectivity index is 1.86. The van der Waals surface area contributed by atoms with Gasteiger partial charge in [-0.1, -0.05) is 19.1 Å². The van der Waals surface area contributed by atoms with Gasteiger partial charge in [0.2, 0.25) is 0 Å². The Kier molecular flexibility index (Phi) is 5.99. The number of nitrogens with one attached hydrogen (secondary N) is 1. The molecule has 2 aromatic rings. The molecular weight excluding hydrogens is 356 g/mol. The standard InChI is InChI=1S/C22H24N2O4/c1-5-14-6-8-18(26-2)16(10-14)13-17-22(25)24-21(23-17)12-15-7-9-19(27-3)20(11-15)28-4/h6-11,13H,5,12H2,1-4H3,(H,23,24,25)/b17-13+. The van der Waals surface area contributed by atoms with E-state index in [1.54, 1.807) is 27.4 Å². The van der Waals surface area contributed by atoms with Gasteiger partial charge < -0.3 is 19.5 Å². The van der Waals surface area contributed by atoms with Crippen LogP contribution in [-0.2, 0) is 17.6 Å². The molecule has 1 amide bonds. The molecular formula is C22H24N2O4. The average molecular weight is 380 g/mol. The number of benzene rings is 2. The second-order valence-electron chi connectivity index (χ2n) is 6.34. The maximum atomic E-state index is 12.4. The van der Waals surface area contributed by atoms with E-state index in [-0.39, 0.29) is 5.91 Å². The van der Waals surface area contributed by atoms with Crippen LogP contribution in [0.15, 0.2) is 47.1 Å².